The highest BCUT2D eigenvalue weighted by Crippen LogP contribution is 2.34. The molecule has 0 saturated carbocycles. The van der Waals surface area contributed by atoms with Crippen LogP contribution in [0.4, 0.5) is 15.8 Å². The number of para-hydroxylation sites is 1. The molecule has 1 aliphatic rings. The van der Waals surface area contributed by atoms with E-state index in [4.69, 9.17) is 4.42 Å². The highest BCUT2D eigenvalue weighted by Gasteiger charge is 2.29. The van der Waals surface area contributed by atoms with E-state index in [1.807, 2.05) is 24.3 Å². The van der Waals surface area contributed by atoms with E-state index in [9.17, 15) is 14.0 Å². The lowest BCUT2D eigenvalue weighted by atomic mass is 10.1. The van der Waals surface area contributed by atoms with Crippen LogP contribution in [0.2, 0.25) is 0 Å². The van der Waals surface area contributed by atoms with Crippen molar-refractivity contribution in [2.45, 2.75) is 12.5 Å². The molecule has 7 heteroatoms. The zero-order valence-electron chi connectivity index (χ0n) is 15.6. The summed E-state index contributed by atoms with van der Waals surface area (Å²) in [5.41, 5.74) is 2.69. The standard InChI is InChI=1S/C22H20FN3O3/c23-16-7-9-17(10-8-16)25-22(28)21(27)24-14-19(20-6-3-13-29-20)26-12-11-15-4-1-2-5-18(15)26/h1-10,13,19H,11-12,14H2,(H,24,27)(H,25,28). The van der Waals surface area contributed by atoms with Gasteiger partial charge in [-0.25, -0.2) is 4.39 Å². The van der Waals surface area contributed by atoms with Gasteiger partial charge in [0.05, 0.1) is 6.26 Å². The van der Waals surface area contributed by atoms with Gasteiger partial charge in [0.15, 0.2) is 0 Å². The van der Waals surface area contributed by atoms with E-state index in [1.54, 1.807) is 12.3 Å². The summed E-state index contributed by atoms with van der Waals surface area (Å²) in [6.45, 7) is 1.000. The van der Waals surface area contributed by atoms with Gasteiger partial charge in [0, 0.05) is 24.5 Å². The smallest absolute Gasteiger partial charge is 0.313 e. The van der Waals surface area contributed by atoms with Crippen LogP contribution < -0.4 is 15.5 Å². The number of halogens is 1. The van der Waals surface area contributed by atoms with Crippen molar-refractivity contribution in [2.24, 2.45) is 0 Å². The number of amides is 2. The van der Waals surface area contributed by atoms with Crippen molar-refractivity contribution in [1.29, 1.82) is 0 Å². The minimum absolute atomic E-state index is 0.206. The van der Waals surface area contributed by atoms with Crippen molar-refractivity contribution in [3.05, 3.63) is 84.1 Å². The Morgan fingerprint density at radius 2 is 1.83 bits per heavy atom. The molecule has 0 spiro atoms. The number of benzene rings is 2. The first-order valence-corrected chi connectivity index (χ1v) is 9.34. The fourth-order valence-corrected chi connectivity index (χ4v) is 3.52. The van der Waals surface area contributed by atoms with Gasteiger partial charge in [0.1, 0.15) is 17.6 Å². The fourth-order valence-electron chi connectivity index (χ4n) is 3.52. The second-order valence-electron chi connectivity index (χ2n) is 6.77. The molecule has 0 aliphatic carbocycles. The molecule has 1 atom stereocenters. The quantitative estimate of drug-likeness (QED) is 0.653. The fraction of sp³-hybridized carbons (Fsp3) is 0.182. The molecule has 148 valence electrons. The summed E-state index contributed by atoms with van der Waals surface area (Å²) in [6.07, 6.45) is 2.50. The Morgan fingerprint density at radius 3 is 2.59 bits per heavy atom. The first kappa shape index (κ1) is 18.7. The molecule has 0 fully saturated rings. The summed E-state index contributed by atoms with van der Waals surface area (Å²) in [6, 6.07) is 16.7. The van der Waals surface area contributed by atoms with Gasteiger partial charge in [-0.3, -0.25) is 9.59 Å². The van der Waals surface area contributed by atoms with E-state index in [0.717, 1.165) is 18.7 Å². The van der Waals surface area contributed by atoms with Gasteiger partial charge < -0.3 is 20.0 Å². The minimum Gasteiger partial charge on any atom is -0.467 e. The molecule has 0 bridgehead atoms. The van der Waals surface area contributed by atoms with Gasteiger partial charge >= 0.3 is 11.8 Å². The van der Waals surface area contributed by atoms with Crippen molar-refractivity contribution in [1.82, 2.24) is 5.32 Å². The predicted octanol–water partition coefficient (Wildman–Crippen LogP) is 3.28. The summed E-state index contributed by atoms with van der Waals surface area (Å²) in [5, 5.41) is 5.14. The van der Waals surface area contributed by atoms with E-state index >= 15 is 0 Å². The topological polar surface area (TPSA) is 74.6 Å². The first-order valence-electron chi connectivity index (χ1n) is 9.34. The van der Waals surface area contributed by atoms with Crippen molar-refractivity contribution in [2.75, 3.05) is 23.3 Å². The van der Waals surface area contributed by atoms with Crippen molar-refractivity contribution in [3.8, 4) is 0 Å². The van der Waals surface area contributed by atoms with Crippen LogP contribution in [-0.2, 0) is 16.0 Å². The van der Waals surface area contributed by atoms with E-state index in [0.29, 0.717) is 11.4 Å². The van der Waals surface area contributed by atoms with Gasteiger partial charge in [-0.1, -0.05) is 18.2 Å². The van der Waals surface area contributed by atoms with E-state index in [2.05, 4.69) is 21.6 Å². The minimum atomic E-state index is -0.809. The van der Waals surface area contributed by atoms with Crippen LogP contribution in [0.1, 0.15) is 17.4 Å². The first-order chi connectivity index (χ1) is 14.1. The van der Waals surface area contributed by atoms with Gasteiger partial charge in [0.2, 0.25) is 0 Å². The molecule has 2 amide bonds. The van der Waals surface area contributed by atoms with Gasteiger partial charge in [-0.2, -0.15) is 0 Å². The Balaban J connectivity index is 1.44. The molecule has 0 saturated heterocycles. The van der Waals surface area contributed by atoms with Crippen LogP contribution in [0.25, 0.3) is 0 Å². The van der Waals surface area contributed by atoms with Crippen molar-refractivity contribution >= 4 is 23.2 Å². The van der Waals surface area contributed by atoms with Crippen LogP contribution in [0.15, 0.2) is 71.3 Å². The number of furan rings is 1. The van der Waals surface area contributed by atoms with Crippen LogP contribution in [-0.4, -0.2) is 24.9 Å². The lowest BCUT2D eigenvalue weighted by Crippen LogP contribution is -2.41. The van der Waals surface area contributed by atoms with E-state index in [-0.39, 0.29) is 12.6 Å². The molecule has 2 N–H and O–H groups in total. The Kier molecular flexibility index (Phi) is 5.29. The maximum atomic E-state index is 13.0. The number of anilines is 2. The molecule has 3 aromatic rings. The molecule has 29 heavy (non-hydrogen) atoms. The number of nitrogens with zero attached hydrogens (tertiary/aromatic N) is 1. The number of carbonyl (C=O) groups excluding carboxylic acids is 2. The summed E-state index contributed by atoms with van der Waals surface area (Å²) < 4.78 is 18.6. The van der Waals surface area contributed by atoms with E-state index in [1.165, 1.54) is 29.8 Å². The second-order valence-corrected chi connectivity index (χ2v) is 6.77. The van der Waals surface area contributed by atoms with Gasteiger partial charge in [-0.05, 0) is 54.4 Å². The van der Waals surface area contributed by atoms with Crippen LogP contribution in [0.3, 0.4) is 0 Å². The number of fused-ring (bicyclic) bond motifs is 1. The SMILES string of the molecule is O=C(NCC(c1ccco1)N1CCc2ccccc21)C(=O)Nc1ccc(F)cc1. The number of carbonyl (C=O) groups is 2. The third kappa shape index (κ3) is 4.13. The highest BCUT2D eigenvalue weighted by atomic mass is 19.1. The maximum absolute atomic E-state index is 13.0. The maximum Gasteiger partial charge on any atom is 0.313 e. The summed E-state index contributed by atoms with van der Waals surface area (Å²) >= 11 is 0. The molecule has 1 unspecified atom stereocenters. The Morgan fingerprint density at radius 1 is 1.03 bits per heavy atom. The van der Waals surface area contributed by atoms with Gasteiger partial charge in [0.25, 0.3) is 0 Å². The third-order valence-corrected chi connectivity index (χ3v) is 4.94. The molecule has 0 radical (unpaired) electrons. The summed E-state index contributed by atoms with van der Waals surface area (Å²) in [4.78, 5) is 26.6. The van der Waals surface area contributed by atoms with E-state index < -0.39 is 17.6 Å². The Bertz CT molecular complexity index is 1000. The normalized spacial score (nSPS) is 13.6. The lowest BCUT2D eigenvalue weighted by molar-refractivity contribution is -0.136. The number of rotatable bonds is 5. The lowest BCUT2D eigenvalue weighted by Gasteiger charge is -2.29. The van der Waals surface area contributed by atoms with Crippen molar-refractivity contribution in [3.63, 3.8) is 0 Å². The Labute approximate surface area is 167 Å². The number of hydrogen-bond donors (Lipinski definition) is 2. The summed E-state index contributed by atoms with van der Waals surface area (Å²) in [5.74, 6) is -1.28. The molecule has 1 aliphatic heterocycles. The molecule has 6 nitrogen and oxygen atoms in total. The monoisotopic (exact) mass is 393 g/mol. The Hall–Kier alpha value is -3.61. The highest BCUT2D eigenvalue weighted by molar-refractivity contribution is 6.39. The average molecular weight is 393 g/mol. The number of hydrogen-bond acceptors (Lipinski definition) is 4. The second kappa shape index (κ2) is 8.18. The molecule has 4 rings (SSSR count). The van der Waals surface area contributed by atoms with Gasteiger partial charge in [-0.15, -0.1) is 0 Å². The molecular formula is C22H20FN3O3. The summed E-state index contributed by atoms with van der Waals surface area (Å²) in [7, 11) is 0. The number of nitrogens with one attached hydrogen (secondary N) is 2. The van der Waals surface area contributed by atoms with Crippen LogP contribution in [0, 0.1) is 5.82 Å². The third-order valence-electron chi connectivity index (χ3n) is 4.94. The largest absolute Gasteiger partial charge is 0.467 e. The molecular weight excluding hydrogens is 373 g/mol. The van der Waals surface area contributed by atoms with Crippen molar-refractivity contribution < 1.29 is 18.4 Å². The zero-order valence-corrected chi connectivity index (χ0v) is 15.6. The molecule has 2 aromatic carbocycles. The predicted molar refractivity (Wildman–Crippen MR) is 107 cm³/mol. The molecule has 2 heterocycles. The zero-order chi connectivity index (χ0) is 20.2. The molecule has 1 aromatic heterocycles. The average Bonchev–Trinajstić information content (AvgIpc) is 3.40. The van der Waals surface area contributed by atoms with Crippen LogP contribution >= 0.6 is 0 Å². The van der Waals surface area contributed by atoms with Crippen LogP contribution in [0.5, 0.6) is 0 Å².